The number of nitrogens with zero attached hydrogens (tertiary/aromatic N) is 1. The van der Waals surface area contributed by atoms with E-state index in [2.05, 4.69) is 0 Å². The van der Waals surface area contributed by atoms with Crippen LogP contribution in [0, 0.1) is 16.0 Å². The predicted molar refractivity (Wildman–Crippen MR) is 53.7 cm³/mol. The van der Waals surface area contributed by atoms with Gasteiger partial charge in [0.05, 0.1) is 11.3 Å². The topological polar surface area (TPSA) is 69.4 Å². The lowest BCUT2D eigenvalue weighted by molar-refractivity contribution is -0.385. The molecule has 0 bridgehead atoms. The van der Waals surface area contributed by atoms with Crippen molar-refractivity contribution in [3.63, 3.8) is 0 Å². The summed E-state index contributed by atoms with van der Waals surface area (Å²) in [5.74, 6) is -0.115. The second-order valence-electron chi connectivity index (χ2n) is 4.18. The Labute approximate surface area is 91.2 Å². The Bertz CT molecular complexity index is 497. The van der Waals surface area contributed by atoms with Gasteiger partial charge in [0.1, 0.15) is 6.10 Å². The minimum Gasteiger partial charge on any atom is -0.457 e. The first-order valence-corrected chi connectivity index (χ1v) is 5.12. The number of rotatable bonds is 1. The highest BCUT2D eigenvalue weighted by Crippen LogP contribution is 2.47. The van der Waals surface area contributed by atoms with Crippen molar-refractivity contribution in [3.05, 3.63) is 39.4 Å². The largest absolute Gasteiger partial charge is 0.457 e. The van der Waals surface area contributed by atoms with Gasteiger partial charge in [-0.05, 0) is 6.42 Å². The van der Waals surface area contributed by atoms with Gasteiger partial charge >= 0.3 is 5.97 Å². The summed E-state index contributed by atoms with van der Waals surface area (Å²) in [6, 6.07) is 4.96. The molecule has 1 heterocycles. The molecule has 0 radical (unpaired) electrons. The van der Waals surface area contributed by atoms with Crippen molar-refractivity contribution in [3.8, 4) is 0 Å². The molecule has 0 saturated carbocycles. The van der Waals surface area contributed by atoms with Gasteiger partial charge in [-0.15, -0.1) is 0 Å². The van der Waals surface area contributed by atoms with Crippen molar-refractivity contribution in [1.29, 1.82) is 0 Å². The summed E-state index contributed by atoms with van der Waals surface area (Å²) in [4.78, 5) is 21.6. The fraction of sp³-hybridized carbons (Fsp3) is 0.364. The van der Waals surface area contributed by atoms with E-state index in [1.807, 2.05) is 6.07 Å². The van der Waals surface area contributed by atoms with Gasteiger partial charge in [-0.3, -0.25) is 14.9 Å². The molecular weight excluding hydrogens is 210 g/mol. The number of esters is 1. The van der Waals surface area contributed by atoms with Gasteiger partial charge in [0, 0.05) is 23.1 Å². The molecule has 0 spiro atoms. The van der Waals surface area contributed by atoms with Crippen molar-refractivity contribution in [2.24, 2.45) is 5.92 Å². The average Bonchev–Trinajstić information content (AvgIpc) is 2.72. The normalized spacial score (nSPS) is 26.1. The van der Waals surface area contributed by atoms with Crippen LogP contribution in [0.1, 0.15) is 23.7 Å². The van der Waals surface area contributed by atoms with Crippen LogP contribution in [-0.4, -0.2) is 10.9 Å². The molecule has 3 rings (SSSR count). The number of fused-ring (bicyclic) bond motifs is 3. The fourth-order valence-corrected chi connectivity index (χ4v) is 2.62. The number of nitro groups is 1. The van der Waals surface area contributed by atoms with Gasteiger partial charge in [-0.1, -0.05) is 12.1 Å². The van der Waals surface area contributed by atoms with E-state index in [4.69, 9.17) is 4.74 Å². The summed E-state index contributed by atoms with van der Waals surface area (Å²) in [5, 5.41) is 10.8. The van der Waals surface area contributed by atoms with Crippen LogP contribution in [0.2, 0.25) is 0 Å². The summed E-state index contributed by atoms with van der Waals surface area (Å²) in [6.07, 6.45) is 0.682. The Morgan fingerprint density at radius 1 is 1.38 bits per heavy atom. The van der Waals surface area contributed by atoms with E-state index >= 15 is 0 Å². The number of hydrogen-bond acceptors (Lipinski definition) is 4. The third-order valence-corrected chi connectivity index (χ3v) is 3.27. The molecular formula is C11H9NO4. The highest BCUT2D eigenvalue weighted by atomic mass is 16.6. The monoisotopic (exact) mass is 219 g/mol. The molecule has 1 saturated heterocycles. The van der Waals surface area contributed by atoms with E-state index in [0.717, 1.165) is 11.1 Å². The molecule has 82 valence electrons. The van der Waals surface area contributed by atoms with Gasteiger partial charge in [0.25, 0.3) is 5.69 Å². The van der Waals surface area contributed by atoms with Crippen molar-refractivity contribution in [2.75, 3.05) is 0 Å². The highest BCUT2D eigenvalue weighted by Gasteiger charge is 2.44. The first kappa shape index (κ1) is 9.33. The van der Waals surface area contributed by atoms with E-state index in [9.17, 15) is 14.9 Å². The fourth-order valence-electron chi connectivity index (χ4n) is 2.62. The maximum absolute atomic E-state index is 11.1. The van der Waals surface area contributed by atoms with Crippen molar-refractivity contribution in [1.82, 2.24) is 0 Å². The molecule has 0 N–H and O–H groups in total. The molecule has 2 atom stereocenters. The van der Waals surface area contributed by atoms with Gasteiger partial charge < -0.3 is 4.74 Å². The minimum atomic E-state index is -0.373. The van der Waals surface area contributed by atoms with Crippen LogP contribution in [0.25, 0.3) is 0 Å². The smallest absolute Gasteiger partial charge is 0.306 e. The third-order valence-electron chi connectivity index (χ3n) is 3.27. The van der Waals surface area contributed by atoms with E-state index < -0.39 is 0 Å². The molecule has 0 aromatic heterocycles. The standard InChI is InChI=1S/C11H9NO4/c13-10-5-6-4-8-7(11(6)16-10)2-1-3-9(8)12(14)15/h1-3,6,11H,4-5H2. The molecule has 5 heteroatoms. The highest BCUT2D eigenvalue weighted by molar-refractivity contribution is 5.73. The minimum absolute atomic E-state index is 0.0867. The number of ether oxygens (including phenoxy) is 1. The number of hydrogen-bond donors (Lipinski definition) is 0. The third kappa shape index (κ3) is 1.14. The number of nitro benzene ring substituents is 1. The molecule has 16 heavy (non-hydrogen) atoms. The zero-order valence-electron chi connectivity index (χ0n) is 8.38. The van der Waals surface area contributed by atoms with E-state index in [0.29, 0.717) is 12.8 Å². The maximum Gasteiger partial charge on any atom is 0.306 e. The average molecular weight is 219 g/mol. The van der Waals surface area contributed by atoms with Crippen LogP contribution in [0.5, 0.6) is 0 Å². The molecule has 1 aromatic carbocycles. The van der Waals surface area contributed by atoms with Gasteiger partial charge in [0.15, 0.2) is 0 Å². The van der Waals surface area contributed by atoms with Gasteiger partial charge in [-0.2, -0.15) is 0 Å². The maximum atomic E-state index is 11.1. The van der Waals surface area contributed by atoms with Crippen LogP contribution >= 0.6 is 0 Å². The Balaban J connectivity index is 2.09. The summed E-state index contributed by atoms with van der Waals surface area (Å²) in [5.41, 5.74) is 1.68. The lowest BCUT2D eigenvalue weighted by Crippen LogP contribution is -2.00. The molecule has 2 unspecified atom stereocenters. The SMILES string of the molecule is O=C1CC2Cc3c(cccc3[N+](=O)[O-])C2O1. The molecule has 1 fully saturated rings. The molecule has 1 aliphatic heterocycles. The Kier molecular flexibility index (Phi) is 1.77. The summed E-state index contributed by atoms with van der Waals surface area (Å²) < 4.78 is 5.18. The van der Waals surface area contributed by atoms with E-state index in [1.54, 1.807) is 6.07 Å². The molecule has 1 aromatic rings. The van der Waals surface area contributed by atoms with Gasteiger partial charge in [0.2, 0.25) is 0 Å². The van der Waals surface area contributed by atoms with Crippen LogP contribution in [0.3, 0.4) is 0 Å². The molecule has 5 nitrogen and oxygen atoms in total. The zero-order valence-corrected chi connectivity index (χ0v) is 8.38. The summed E-state index contributed by atoms with van der Waals surface area (Å²) in [7, 11) is 0. The van der Waals surface area contributed by atoms with E-state index in [-0.39, 0.29) is 28.6 Å². The first-order valence-electron chi connectivity index (χ1n) is 5.12. The second-order valence-corrected chi connectivity index (χ2v) is 4.18. The van der Waals surface area contributed by atoms with Gasteiger partial charge in [-0.25, -0.2) is 0 Å². The van der Waals surface area contributed by atoms with Crippen LogP contribution in [0.4, 0.5) is 5.69 Å². The Morgan fingerprint density at radius 2 is 2.19 bits per heavy atom. The number of benzene rings is 1. The van der Waals surface area contributed by atoms with Crippen LogP contribution < -0.4 is 0 Å². The van der Waals surface area contributed by atoms with E-state index in [1.165, 1.54) is 6.07 Å². The summed E-state index contributed by atoms with van der Waals surface area (Å²) >= 11 is 0. The van der Waals surface area contributed by atoms with Crippen LogP contribution in [-0.2, 0) is 16.0 Å². The molecule has 2 aliphatic rings. The van der Waals surface area contributed by atoms with Crippen LogP contribution in [0.15, 0.2) is 18.2 Å². The zero-order chi connectivity index (χ0) is 11.3. The number of carbonyl (C=O) groups excluding carboxylic acids is 1. The quantitative estimate of drug-likeness (QED) is 0.410. The van der Waals surface area contributed by atoms with Crippen molar-refractivity contribution in [2.45, 2.75) is 18.9 Å². The Morgan fingerprint density at radius 3 is 2.94 bits per heavy atom. The Hall–Kier alpha value is -1.91. The number of carbonyl (C=O) groups is 1. The predicted octanol–water partition coefficient (Wildman–Crippen LogP) is 1.76. The van der Waals surface area contributed by atoms with Crippen molar-refractivity contribution >= 4 is 11.7 Å². The lowest BCUT2D eigenvalue weighted by atomic mass is 10.0. The second kappa shape index (κ2) is 3.04. The lowest BCUT2D eigenvalue weighted by Gasteiger charge is -2.07. The van der Waals surface area contributed by atoms with Crippen molar-refractivity contribution < 1.29 is 14.5 Å². The summed E-state index contributed by atoms with van der Waals surface area (Å²) in [6.45, 7) is 0. The molecule has 0 amide bonds. The first-order chi connectivity index (χ1) is 7.66. The molecule has 1 aliphatic carbocycles.